The van der Waals surface area contributed by atoms with Gasteiger partial charge >= 0.3 is 12.1 Å². The second-order valence-corrected chi connectivity index (χ2v) is 5.30. The van der Waals surface area contributed by atoms with Crippen LogP contribution in [0.25, 0.3) is 0 Å². The van der Waals surface area contributed by atoms with Gasteiger partial charge in [-0.2, -0.15) is 13.2 Å². The van der Waals surface area contributed by atoms with E-state index in [1.54, 1.807) is 11.0 Å². The van der Waals surface area contributed by atoms with Crippen molar-refractivity contribution in [3.05, 3.63) is 29.1 Å². The maximum atomic E-state index is 13.8. The van der Waals surface area contributed by atoms with E-state index in [-0.39, 0.29) is 18.7 Å². The second-order valence-electron chi connectivity index (χ2n) is 5.30. The number of alkyl halides is 3. The maximum Gasteiger partial charge on any atom is 0.401 e. The summed E-state index contributed by atoms with van der Waals surface area (Å²) in [5.41, 5.74) is 0.409. The van der Waals surface area contributed by atoms with Crippen LogP contribution in [0.3, 0.4) is 0 Å². The lowest BCUT2D eigenvalue weighted by molar-refractivity contribution is -0.146. The molecule has 0 radical (unpaired) electrons. The van der Waals surface area contributed by atoms with Crippen LogP contribution >= 0.6 is 0 Å². The average Bonchev–Trinajstić information content (AvgIpc) is 2.36. The van der Waals surface area contributed by atoms with Crippen LogP contribution in [0.15, 0.2) is 12.1 Å². The van der Waals surface area contributed by atoms with Gasteiger partial charge in [0.1, 0.15) is 5.82 Å². The topological polar surface area (TPSA) is 43.8 Å². The van der Waals surface area contributed by atoms with E-state index >= 15 is 0 Å². The summed E-state index contributed by atoms with van der Waals surface area (Å²) in [6.07, 6.45) is -4.23. The van der Waals surface area contributed by atoms with Crippen molar-refractivity contribution in [1.82, 2.24) is 4.90 Å². The Bertz CT molecular complexity index is 543. The fourth-order valence-electron chi connectivity index (χ4n) is 2.60. The van der Waals surface area contributed by atoms with Crippen LogP contribution in [0.4, 0.5) is 23.2 Å². The van der Waals surface area contributed by atoms with Crippen molar-refractivity contribution >= 4 is 11.7 Å². The number of aromatic carboxylic acids is 1. The van der Waals surface area contributed by atoms with Crippen LogP contribution in [0.2, 0.25) is 0 Å². The fourth-order valence-corrected chi connectivity index (χ4v) is 2.60. The highest BCUT2D eigenvalue weighted by atomic mass is 19.4. The lowest BCUT2D eigenvalue weighted by Gasteiger charge is -2.36. The van der Waals surface area contributed by atoms with E-state index in [2.05, 4.69) is 0 Å². The number of carboxylic acid groups (broad SMARTS) is 1. The molecular weight excluding hydrogens is 304 g/mol. The number of anilines is 1. The summed E-state index contributed by atoms with van der Waals surface area (Å²) in [6.45, 7) is 1.66. The Morgan fingerprint density at radius 1 is 1.23 bits per heavy atom. The number of carboxylic acids is 1. The molecule has 4 nitrogen and oxygen atoms in total. The summed E-state index contributed by atoms with van der Waals surface area (Å²) in [5, 5.41) is 8.92. The monoisotopic (exact) mass is 320 g/mol. The van der Waals surface area contributed by atoms with Crippen molar-refractivity contribution in [2.75, 3.05) is 37.6 Å². The third-order valence-electron chi connectivity index (χ3n) is 3.63. The Balaban J connectivity index is 2.07. The van der Waals surface area contributed by atoms with Crippen molar-refractivity contribution in [3.8, 4) is 0 Å². The summed E-state index contributed by atoms with van der Waals surface area (Å²) in [5.74, 6) is -2.17. The maximum absolute atomic E-state index is 13.8. The van der Waals surface area contributed by atoms with Gasteiger partial charge in [-0.15, -0.1) is 0 Å². The van der Waals surface area contributed by atoms with E-state index in [0.29, 0.717) is 24.3 Å². The van der Waals surface area contributed by atoms with Gasteiger partial charge in [-0.25, -0.2) is 9.18 Å². The molecule has 0 saturated carbocycles. The van der Waals surface area contributed by atoms with Crippen molar-refractivity contribution in [3.63, 3.8) is 0 Å². The number of halogens is 4. The van der Waals surface area contributed by atoms with Crippen molar-refractivity contribution in [2.45, 2.75) is 13.1 Å². The third-order valence-corrected chi connectivity index (χ3v) is 3.63. The molecule has 22 heavy (non-hydrogen) atoms. The predicted octanol–water partition coefficient (Wildman–Crippen LogP) is 2.52. The zero-order valence-corrected chi connectivity index (χ0v) is 12.0. The highest BCUT2D eigenvalue weighted by Crippen LogP contribution is 2.25. The van der Waals surface area contributed by atoms with E-state index in [1.807, 2.05) is 0 Å². The molecule has 0 spiro atoms. The molecule has 1 aromatic carbocycles. The Labute approximate surface area is 124 Å². The minimum Gasteiger partial charge on any atom is -0.478 e. The predicted molar refractivity (Wildman–Crippen MR) is 72.8 cm³/mol. The molecule has 0 aliphatic carbocycles. The van der Waals surface area contributed by atoms with Gasteiger partial charge in [0.05, 0.1) is 12.1 Å². The van der Waals surface area contributed by atoms with Crippen LogP contribution in [-0.2, 0) is 0 Å². The summed E-state index contributed by atoms with van der Waals surface area (Å²) in [4.78, 5) is 14.0. The van der Waals surface area contributed by atoms with Gasteiger partial charge in [-0.1, -0.05) is 0 Å². The molecule has 1 N–H and O–H groups in total. The van der Waals surface area contributed by atoms with Crippen LogP contribution in [-0.4, -0.2) is 54.9 Å². The Morgan fingerprint density at radius 2 is 1.82 bits per heavy atom. The molecular formula is C14H16F4N2O2. The van der Waals surface area contributed by atoms with Gasteiger partial charge in [0.25, 0.3) is 0 Å². The lowest BCUT2D eigenvalue weighted by Crippen LogP contribution is -2.49. The van der Waals surface area contributed by atoms with E-state index < -0.39 is 24.5 Å². The number of hydrogen-bond donors (Lipinski definition) is 1. The molecule has 2 rings (SSSR count). The zero-order valence-electron chi connectivity index (χ0n) is 12.0. The van der Waals surface area contributed by atoms with Gasteiger partial charge < -0.3 is 10.0 Å². The number of nitrogens with zero attached hydrogens (tertiary/aromatic N) is 2. The summed E-state index contributed by atoms with van der Waals surface area (Å²) in [6, 6.07) is 2.67. The first-order valence-electron chi connectivity index (χ1n) is 6.75. The standard InChI is InChI=1S/C14H16F4N2O2/c1-9-6-10(7-11(15)12(9)13(21)22)20-4-2-19(3-5-20)8-14(16,17)18/h6-7H,2-5,8H2,1H3,(H,21,22). The normalized spacial score (nSPS) is 16.9. The van der Waals surface area contributed by atoms with Crippen molar-refractivity contribution in [1.29, 1.82) is 0 Å². The molecule has 1 aliphatic rings. The fraction of sp³-hybridized carbons (Fsp3) is 0.500. The van der Waals surface area contributed by atoms with Crippen LogP contribution in [0, 0.1) is 12.7 Å². The molecule has 1 heterocycles. The van der Waals surface area contributed by atoms with E-state index in [4.69, 9.17) is 5.11 Å². The minimum absolute atomic E-state index is 0.223. The molecule has 0 unspecified atom stereocenters. The lowest BCUT2D eigenvalue weighted by atomic mass is 10.1. The Morgan fingerprint density at radius 3 is 2.27 bits per heavy atom. The van der Waals surface area contributed by atoms with Crippen LogP contribution < -0.4 is 4.90 Å². The van der Waals surface area contributed by atoms with Gasteiger partial charge in [-0.3, -0.25) is 4.90 Å². The minimum atomic E-state index is -4.23. The first-order chi connectivity index (χ1) is 10.2. The van der Waals surface area contributed by atoms with Crippen molar-refractivity contribution in [2.24, 2.45) is 0 Å². The number of carbonyl (C=O) groups is 1. The smallest absolute Gasteiger partial charge is 0.401 e. The van der Waals surface area contributed by atoms with Crippen LogP contribution in [0.5, 0.6) is 0 Å². The first-order valence-corrected chi connectivity index (χ1v) is 6.75. The molecule has 0 amide bonds. The molecule has 1 fully saturated rings. The number of benzene rings is 1. The molecule has 8 heteroatoms. The Kier molecular flexibility index (Phi) is 4.60. The number of piperazine rings is 1. The van der Waals surface area contributed by atoms with E-state index in [1.165, 1.54) is 11.8 Å². The second kappa shape index (κ2) is 6.12. The highest BCUT2D eigenvalue weighted by Gasteiger charge is 2.32. The molecule has 0 bridgehead atoms. The Hall–Kier alpha value is -1.83. The molecule has 0 aromatic heterocycles. The highest BCUT2D eigenvalue weighted by molar-refractivity contribution is 5.90. The average molecular weight is 320 g/mol. The van der Waals surface area contributed by atoms with Crippen molar-refractivity contribution < 1.29 is 27.5 Å². The van der Waals surface area contributed by atoms with E-state index in [9.17, 15) is 22.4 Å². The summed E-state index contributed by atoms with van der Waals surface area (Å²) >= 11 is 0. The van der Waals surface area contributed by atoms with Gasteiger partial charge in [-0.05, 0) is 24.6 Å². The molecule has 1 aromatic rings. The molecule has 1 saturated heterocycles. The SMILES string of the molecule is Cc1cc(N2CCN(CC(F)(F)F)CC2)cc(F)c1C(=O)O. The van der Waals surface area contributed by atoms with E-state index in [0.717, 1.165) is 6.07 Å². The molecule has 1 aliphatic heterocycles. The zero-order chi connectivity index (χ0) is 16.5. The number of aryl methyl sites for hydroxylation is 1. The summed E-state index contributed by atoms with van der Waals surface area (Å²) in [7, 11) is 0. The van der Waals surface area contributed by atoms with Gasteiger partial charge in [0.2, 0.25) is 0 Å². The third kappa shape index (κ3) is 3.88. The summed E-state index contributed by atoms with van der Waals surface area (Å²) < 4.78 is 50.8. The quantitative estimate of drug-likeness (QED) is 0.869. The largest absolute Gasteiger partial charge is 0.478 e. The molecule has 0 atom stereocenters. The van der Waals surface area contributed by atoms with Crippen LogP contribution in [0.1, 0.15) is 15.9 Å². The number of rotatable bonds is 3. The first kappa shape index (κ1) is 16.5. The van der Waals surface area contributed by atoms with Gasteiger partial charge in [0.15, 0.2) is 0 Å². The van der Waals surface area contributed by atoms with Gasteiger partial charge in [0, 0.05) is 31.9 Å². The molecule has 122 valence electrons. The number of hydrogen-bond acceptors (Lipinski definition) is 3.